The molecule has 0 spiro atoms. The lowest BCUT2D eigenvalue weighted by atomic mass is 10.1. The molecule has 0 unspecified atom stereocenters. The van der Waals surface area contributed by atoms with Gasteiger partial charge in [-0.3, -0.25) is 0 Å². The van der Waals surface area contributed by atoms with Crippen molar-refractivity contribution in [1.82, 2.24) is 4.57 Å². The molecule has 0 saturated carbocycles. The SMILES string of the molecule is Cc1ccc(Cc2c(N)cc(C#N)n2Cc2cccc(F)c2)cc1. The van der Waals surface area contributed by atoms with Crippen LogP contribution in [0, 0.1) is 24.1 Å². The van der Waals surface area contributed by atoms with E-state index in [1.165, 1.54) is 17.7 Å². The van der Waals surface area contributed by atoms with Crippen molar-refractivity contribution in [2.24, 2.45) is 0 Å². The number of rotatable bonds is 4. The number of nitriles is 1. The number of benzene rings is 2. The Kier molecular flexibility index (Phi) is 4.35. The number of nitrogens with two attached hydrogens (primary N) is 1. The minimum atomic E-state index is -0.286. The molecule has 0 aliphatic carbocycles. The standard InChI is InChI=1S/C20H18FN3/c1-14-5-7-15(8-6-14)10-20-19(23)11-18(12-22)24(20)13-16-3-2-4-17(21)9-16/h2-9,11H,10,13,23H2,1H3. The second kappa shape index (κ2) is 6.59. The van der Waals surface area contributed by atoms with Crippen LogP contribution in [0.25, 0.3) is 0 Å². The van der Waals surface area contributed by atoms with Crippen LogP contribution >= 0.6 is 0 Å². The fourth-order valence-electron chi connectivity index (χ4n) is 2.80. The molecular formula is C20H18FN3. The maximum Gasteiger partial charge on any atom is 0.123 e. The highest BCUT2D eigenvalue weighted by molar-refractivity contribution is 5.52. The summed E-state index contributed by atoms with van der Waals surface area (Å²) in [4.78, 5) is 0. The summed E-state index contributed by atoms with van der Waals surface area (Å²) in [5.41, 5.74) is 11.2. The van der Waals surface area contributed by atoms with E-state index < -0.39 is 0 Å². The Bertz CT molecular complexity index is 902. The van der Waals surface area contributed by atoms with Gasteiger partial charge in [-0.1, -0.05) is 42.0 Å². The van der Waals surface area contributed by atoms with Gasteiger partial charge in [-0.15, -0.1) is 0 Å². The summed E-state index contributed by atoms with van der Waals surface area (Å²) < 4.78 is 15.3. The Morgan fingerprint density at radius 3 is 2.50 bits per heavy atom. The molecule has 0 amide bonds. The van der Waals surface area contributed by atoms with Crippen molar-refractivity contribution in [3.05, 3.63) is 88.5 Å². The first kappa shape index (κ1) is 15.8. The second-order valence-electron chi connectivity index (χ2n) is 5.92. The molecule has 1 aromatic heterocycles. The molecule has 0 atom stereocenters. The number of nitrogens with zero attached hydrogens (tertiary/aromatic N) is 2. The molecule has 0 radical (unpaired) electrons. The molecule has 0 fully saturated rings. The number of hydrogen-bond acceptors (Lipinski definition) is 2. The number of halogens is 1. The normalized spacial score (nSPS) is 10.5. The number of aromatic nitrogens is 1. The van der Waals surface area contributed by atoms with E-state index in [1.807, 2.05) is 17.6 Å². The first-order chi connectivity index (χ1) is 11.6. The summed E-state index contributed by atoms with van der Waals surface area (Å²) in [7, 11) is 0. The van der Waals surface area contributed by atoms with E-state index in [9.17, 15) is 9.65 Å². The van der Waals surface area contributed by atoms with Crippen LogP contribution in [0.5, 0.6) is 0 Å². The van der Waals surface area contributed by atoms with Gasteiger partial charge in [0.05, 0.1) is 5.69 Å². The van der Waals surface area contributed by atoms with Gasteiger partial charge in [-0.05, 0) is 36.2 Å². The Morgan fingerprint density at radius 2 is 1.83 bits per heavy atom. The maximum absolute atomic E-state index is 13.4. The zero-order valence-electron chi connectivity index (χ0n) is 13.5. The zero-order chi connectivity index (χ0) is 17.1. The Labute approximate surface area is 140 Å². The van der Waals surface area contributed by atoms with Crippen LogP contribution in [0.2, 0.25) is 0 Å². The third-order valence-electron chi connectivity index (χ3n) is 4.08. The van der Waals surface area contributed by atoms with Crippen LogP contribution in [0.4, 0.5) is 10.1 Å². The Hall–Kier alpha value is -3.06. The Balaban J connectivity index is 1.98. The monoisotopic (exact) mass is 319 g/mol. The van der Waals surface area contributed by atoms with Crippen LogP contribution in [-0.4, -0.2) is 4.57 Å². The third-order valence-corrected chi connectivity index (χ3v) is 4.08. The molecule has 0 bridgehead atoms. The molecule has 0 aliphatic heterocycles. The molecule has 0 saturated heterocycles. The summed E-state index contributed by atoms with van der Waals surface area (Å²) in [5, 5.41) is 9.39. The predicted molar refractivity (Wildman–Crippen MR) is 93.0 cm³/mol. The van der Waals surface area contributed by atoms with Gasteiger partial charge in [0.25, 0.3) is 0 Å². The minimum Gasteiger partial charge on any atom is -0.397 e. The maximum atomic E-state index is 13.4. The molecule has 3 aromatic rings. The van der Waals surface area contributed by atoms with Crippen molar-refractivity contribution >= 4 is 5.69 Å². The molecule has 1 heterocycles. The van der Waals surface area contributed by atoms with E-state index in [0.717, 1.165) is 16.8 Å². The van der Waals surface area contributed by atoms with Crippen LogP contribution in [-0.2, 0) is 13.0 Å². The van der Waals surface area contributed by atoms with Crippen molar-refractivity contribution in [2.45, 2.75) is 19.9 Å². The zero-order valence-corrected chi connectivity index (χ0v) is 13.5. The lowest BCUT2D eigenvalue weighted by Gasteiger charge is -2.12. The molecule has 3 nitrogen and oxygen atoms in total. The highest BCUT2D eigenvalue weighted by atomic mass is 19.1. The van der Waals surface area contributed by atoms with E-state index in [1.54, 1.807) is 12.1 Å². The lowest BCUT2D eigenvalue weighted by molar-refractivity contribution is 0.622. The Morgan fingerprint density at radius 1 is 1.08 bits per heavy atom. The fourth-order valence-corrected chi connectivity index (χ4v) is 2.80. The third kappa shape index (κ3) is 3.31. The summed E-state index contributed by atoms with van der Waals surface area (Å²) >= 11 is 0. The summed E-state index contributed by atoms with van der Waals surface area (Å²) in [6.07, 6.45) is 0.628. The van der Waals surface area contributed by atoms with Gasteiger partial charge >= 0.3 is 0 Å². The highest BCUT2D eigenvalue weighted by Crippen LogP contribution is 2.23. The number of anilines is 1. The molecule has 0 aliphatic rings. The molecular weight excluding hydrogens is 301 g/mol. The van der Waals surface area contributed by atoms with Crippen molar-refractivity contribution < 1.29 is 4.39 Å². The highest BCUT2D eigenvalue weighted by Gasteiger charge is 2.14. The van der Waals surface area contributed by atoms with Crippen LogP contribution in [0.1, 0.15) is 28.1 Å². The quantitative estimate of drug-likeness (QED) is 0.789. The van der Waals surface area contributed by atoms with Crippen LogP contribution < -0.4 is 5.73 Å². The summed E-state index contributed by atoms with van der Waals surface area (Å²) in [6.45, 7) is 2.46. The fraction of sp³-hybridized carbons (Fsp3) is 0.150. The average molecular weight is 319 g/mol. The number of aryl methyl sites for hydroxylation is 1. The van der Waals surface area contributed by atoms with Crippen molar-refractivity contribution in [2.75, 3.05) is 5.73 Å². The van der Waals surface area contributed by atoms with Gasteiger partial charge in [-0.25, -0.2) is 4.39 Å². The van der Waals surface area contributed by atoms with Crippen LogP contribution in [0.15, 0.2) is 54.6 Å². The van der Waals surface area contributed by atoms with Crippen LogP contribution in [0.3, 0.4) is 0 Å². The molecule has 2 aromatic carbocycles. The van der Waals surface area contributed by atoms with Gasteiger partial charge in [-0.2, -0.15) is 5.26 Å². The first-order valence-electron chi connectivity index (χ1n) is 7.75. The van der Waals surface area contributed by atoms with E-state index in [-0.39, 0.29) is 5.82 Å². The van der Waals surface area contributed by atoms with Gasteiger partial charge in [0.15, 0.2) is 0 Å². The van der Waals surface area contributed by atoms with E-state index in [0.29, 0.717) is 24.3 Å². The topological polar surface area (TPSA) is 54.7 Å². The molecule has 4 heteroatoms. The van der Waals surface area contributed by atoms with Gasteiger partial charge in [0, 0.05) is 18.7 Å². The number of hydrogen-bond donors (Lipinski definition) is 1. The molecule has 3 rings (SSSR count). The summed E-state index contributed by atoms with van der Waals surface area (Å²) in [6, 6.07) is 18.5. The van der Waals surface area contributed by atoms with Crippen molar-refractivity contribution in [3.63, 3.8) is 0 Å². The molecule has 2 N–H and O–H groups in total. The second-order valence-corrected chi connectivity index (χ2v) is 5.92. The molecule has 120 valence electrons. The van der Waals surface area contributed by atoms with Gasteiger partial charge < -0.3 is 10.3 Å². The summed E-state index contributed by atoms with van der Waals surface area (Å²) in [5.74, 6) is -0.286. The average Bonchev–Trinajstić information content (AvgIpc) is 2.85. The van der Waals surface area contributed by atoms with E-state index in [4.69, 9.17) is 5.73 Å². The van der Waals surface area contributed by atoms with E-state index in [2.05, 4.69) is 30.3 Å². The van der Waals surface area contributed by atoms with E-state index >= 15 is 0 Å². The van der Waals surface area contributed by atoms with Gasteiger partial charge in [0.1, 0.15) is 17.6 Å². The largest absolute Gasteiger partial charge is 0.397 e. The molecule has 24 heavy (non-hydrogen) atoms. The lowest BCUT2D eigenvalue weighted by Crippen LogP contribution is -2.08. The smallest absolute Gasteiger partial charge is 0.123 e. The van der Waals surface area contributed by atoms with Crippen molar-refractivity contribution in [1.29, 1.82) is 5.26 Å². The van der Waals surface area contributed by atoms with Crippen molar-refractivity contribution in [3.8, 4) is 6.07 Å². The minimum absolute atomic E-state index is 0.286. The number of nitrogen functional groups attached to an aromatic ring is 1. The first-order valence-corrected chi connectivity index (χ1v) is 7.75. The van der Waals surface area contributed by atoms with Gasteiger partial charge in [0.2, 0.25) is 0 Å². The predicted octanol–water partition coefficient (Wildman–Crippen LogP) is 4.03.